The number of amides is 2. The molecule has 0 radical (unpaired) electrons. The second kappa shape index (κ2) is 9.23. The maximum absolute atomic E-state index is 12.8. The van der Waals surface area contributed by atoms with Crippen LogP contribution >= 0.6 is 0 Å². The molecule has 3 aromatic rings. The van der Waals surface area contributed by atoms with Crippen LogP contribution in [0.4, 0.5) is 4.79 Å². The third kappa shape index (κ3) is 4.09. The average Bonchev–Trinajstić information content (AvgIpc) is 3.33. The van der Waals surface area contributed by atoms with Crippen LogP contribution in [0, 0.1) is 0 Å². The van der Waals surface area contributed by atoms with Crippen molar-refractivity contribution in [2.24, 2.45) is 0 Å². The summed E-state index contributed by atoms with van der Waals surface area (Å²) in [7, 11) is 4.75. The third-order valence-corrected chi connectivity index (χ3v) is 5.64. The van der Waals surface area contributed by atoms with Gasteiger partial charge in [-0.25, -0.2) is 4.79 Å². The molecule has 4 rings (SSSR count). The van der Waals surface area contributed by atoms with Crippen LogP contribution in [-0.4, -0.2) is 48.9 Å². The van der Waals surface area contributed by atoms with E-state index in [-0.39, 0.29) is 6.03 Å². The number of rotatable bonds is 7. The Bertz CT molecular complexity index is 1200. The maximum Gasteiger partial charge on any atom is 0.322 e. The second-order valence-corrected chi connectivity index (χ2v) is 7.40. The number of aromatic nitrogens is 2. The molecule has 1 N–H and O–H groups in total. The van der Waals surface area contributed by atoms with Gasteiger partial charge in [0, 0.05) is 17.8 Å². The number of carbonyl (C=O) groups excluding carboxylic acids is 1. The lowest BCUT2D eigenvalue weighted by atomic mass is 9.94. The van der Waals surface area contributed by atoms with Gasteiger partial charge >= 0.3 is 6.03 Å². The van der Waals surface area contributed by atoms with Gasteiger partial charge in [-0.15, -0.1) is 0 Å². The highest BCUT2D eigenvalue weighted by molar-refractivity contribution is 5.87. The Balaban J connectivity index is 1.80. The number of methoxy groups -OCH3 is 3. The Morgan fingerprint density at radius 2 is 1.85 bits per heavy atom. The average molecular weight is 450 g/mol. The zero-order chi connectivity index (χ0) is 23.5. The Kier molecular flexibility index (Phi) is 6.21. The van der Waals surface area contributed by atoms with E-state index in [1.807, 2.05) is 44.2 Å². The SMILES string of the molecule is CCN1C(=O)NC(c2cccc(OC)c2)C(c2nc(-c3ccc(OC)c(OC)c3)no2)=C1C. The van der Waals surface area contributed by atoms with E-state index in [4.69, 9.17) is 18.7 Å². The second-order valence-electron chi connectivity index (χ2n) is 7.40. The van der Waals surface area contributed by atoms with Gasteiger partial charge in [0.2, 0.25) is 5.82 Å². The molecule has 1 aliphatic rings. The first-order chi connectivity index (χ1) is 16.0. The number of benzene rings is 2. The van der Waals surface area contributed by atoms with E-state index in [2.05, 4.69) is 15.5 Å². The van der Waals surface area contributed by atoms with E-state index in [0.29, 0.717) is 41.1 Å². The predicted octanol–water partition coefficient (Wildman–Crippen LogP) is 4.28. The highest BCUT2D eigenvalue weighted by atomic mass is 16.5. The molecule has 9 heteroatoms. The number of nitrogens with zero attached hydrogens (tertiary/aromatic N) is 3. The molecule has 0 aliphatic carbocycles. The molecule has 2 heterocycles. The standard InChI is InChI=1S/C24H26N4O5/c1-6-28-14(2)20(21(25-24(28)29)15-8-7-9-17(12-15)30-3)23-26-22(27-33-23)16-10-11-18(31-4)19(13-16)32-5/h7-13,21H,6H2,1-5H3,(H,25,29). The monoisotopic (exact) mass is 450 g/mol. The summed E-state index contributed by atoms with van der Waals surface area (Å²) in [5.41, 5.74) is 3.03. The molecule has 0 saturated heterocycles. The molecule has 1 unspecified atom stereocenters. The molecule has 9 nitrogen and oxygen atoms in total. The zero-order valence-electron chi connectivity index (χ0n) is 19.2. The molecule has 1 aliphatic heterocycles. The molecule has 1 aromatic heterocycles. The fourth-order valence-electron chi connectivity index (χ4n) is 3.94. The summed E-state index contributed by atoms with van der Waals surface area (Å²) in [5.74, 6) is 2.58. The smallest absolute Gasteiger partial charge is 0.322 e. The van der Waals surface area contributed by atoms with Gasteiger partial charge in [-0.3, -0.25) is 4.90 Å². The number of nitrogens with one attached hydrogen (secondary N) is 1. The van der Waals surface area contributed by atoms with Gasteiger partial charge in [0.1, 0.15) is 5.75 Å². The molecule has 33 heavy (non-hydrogen) atoms. The maximum atomic E-state index is 12.8. The van der Waals surface area contributed by atoms with Crippen molar-refractivity contribution in [2.75, 3.05) is 27.9 Å². The van der Waals surface area contributed by atoms with Gasteiger partial charge in [-0.2, -0.15) is 4.98 Å². The lowest BCUT2D eigenvalue weighted by molar-refractivity contribution is 0.207. The molecule has 0 saturated carbocycles. The lowest BCUT2D eigenvalue weighted by Crippen LogP contribution is -2.45. The Labute approximate surface area is 191 Å². The summed E-state index contributed by atoms with van der Waals surface area (Å²) in [6.45, 7) is 4.29. The third-order valence-electron chi connectivity index (χ3n) is 5.64. The van der Waals surface area contributed by atoms with Gasteiger partial charge in [-0.05, 0) is 49.7 Å². The van der Waals surface area contributed by atoms with Crippen molar-refractivity contribution in [2.45, 2.75) is 19.9 Å². The topological polar surface area (TPSA) is 99.0 Å². The fraction of sp³-hybridized carbons (Fsp3) is 0.292. The lowest BCUT2D eigenvalue weighted by Gasteiger charge is -2.34. The summed E-state index contributed by atoms with van der Waals surface area (Å²) in [4.78, 5) is 19.1. The summed E-state index contributed by atoms with van der Waals surface area (Å²) >= 11 is 0. The van der Waals surface area contributed by atoms with E-state index in [9.17, 15) is 4.79 Å². The molecule has 2 amide bonds. The number of allylic oxidation sites excluding steroid dienone is 1. The van der Waals surface area contributed by atoms with Crippen LogP contribution < -0.4 is 19.5 Å². The normalized spacial score (nSPS) is 16.0. The number of hydrogen-bond donors (Lipinski definition) is 1. The number of carbonyl (C=O) groups is 1. The van der Waals surface area contributed by atoms with Crippen LogP contribution in [0.2, 0.25) is 0 Å². The zero-order valence-corrected chi connectivity index (χ0v) is 19.2. The van der Waals surface area contributed by atoms with E-state index >= 15 is 0 Å². The fourth-order valence-corrected chi connectivity index (χ4v) is 3.94. The molecule has 1 atom stereocenters. The minimum atomic E-state index is -0.478. The highest BCUT2D eigenvalue weighted by Gasteiger charge is 2.35. The van der Waals surface area contributed by atoms with Crippen molar-refractivity contribution >= 4 is 11.6 Å². The van der Waals surface area contributed by atoms with Gasteiger partial charge in [0.25, 0.3) is 5.89 Å². The van der Waals surface area contributed by atoms with Gasteiger partial charge in [0.05, 0.1) is 32.9 Å². The Hall–Kier alpha value is -4.01. The quantitative estimate of drug-likeness (QED) is 0.574. The molecule has 172 valence electrons. The van der Waals surface area contributed by atoms with Crippen LogP contribution in [0.3, 0.4) is 0 Å². The molecule has 2 aromatic carbocycles. The minimum absolute atomic E-state index is 0.189. The molecular formula is C24H26N4O5. The van der Waals surface area contributed by atoms with Gasteiger partial charge < -0.3 is 24.1 Å². The van der Waals surface area contributed by atoms with Gasteiger partial charge in [-0.1, -0.05) is 17.3 Å². The van der Waals surface area contributed by atoms with E-state index in [0.717, 1.165) is 16.8 Å². The van der Waals surface area contributed by atoms with Crippen LogP contribution in [0.25, 0.3) is 17.0 Å². The Morgan fingerprint density at radius 1 is 1.06 bits per heavy atom. The number of hydrogen-bond acceptors (Lipinski definition) is 7. The Morgan fingerprint density at radius 3 is 2.55 bits per heavy atom. The van der Waals surface area contributed by atoms with Crippen molar-refractivity contribution in [3.8, 4) is 28.6 Å². The van der Waals surface area contributed by atoms with Crippen molar-refractivity contribution in [1.82, 2.24) is 20.4 Å². The van der Waals surface area contributed by atoms with Crippen molar-refractivity contribution in [1.29, 1.82) is 0 Å². The largest absolute Gasteiger partial charge is 0.497 e. The van der Waals surface area contributed by atoms with Crippen LogP contribution in [0.1, 0.15) is 31.3 Å². The minimum Gasteiger partial charge on any atom is -0.497 e. The highest BCUT2D eigenvalue weighted by Crippen LogP contribution is 2.38. The summed E-state index contributed by atoms with van der Waals surface area (Å²) in [5, 5.41) is 7.24. The molecule has 0 bridgehead atoms. The summed E-state index contributed by atoms with van der Waals surface area (Å²) in [6.07, 6.45) is 0. The predicted molar refractivity (Wildman–Crippen MR) is 122 cm³/mol. The van der Waals surface area contributed by atoms with E-state index < -0.39 is 6.04 Å². The molecular weight excluding hydrogens is 424 g/mol. The van der Waals surface area contributed by atoms with Crippen molar-refractivity contribution in [3.63, 3.8) is 0 Å². The van der Waals surface area contributed by atoms with Crippen molar-refractivity contribution in [3.05, 3.63) is 59.6 Å². The first-order valence-corrected chi connectivity index (χ1v) is 10.5. The number of ether oxygens (including phenoxy) is 3. The van der Waals surface area contributed by atoms with Crippen LogP contribution in [-0.2, 0) is 0 Å². The summed E-state index contributed by atoms with van der Waals surface area (Å²) < 4.78 is 21.8. The summed E-state index contributed by atoms with van der Waals surface area (Å²) in [6, 6.07) is 12.3. The van der Waals surface area contributed by atoms with Crippen LogP contribution in [0.15, 0.2) is 52.7 Å². The molecule has 0 spiro atoms. The van der Waals surface area contributed by atoms with Crippen LogP contribution in [0.5, 0.6) is 17.2 Å². The number of urea groups is 1. The van der Waals surface area contributed by atoms with Crippen molar-refractivity contribution < 1.29 is 23.5 Å². The molecule has 0 fully saturated rings. The van der Waals surface area contributed by atoms with E-state index in [1.165, 1.54) is 0 Å². The van der Waals surface area contributed by atoms with Gasteiger partial charge in [0.15, 0.2) is 11.5 Å². The first-order valence-electron chi connectivity index (χ1n) is 10.5. The first kappa shape index (κ1) is 22.2. The van der Waals surface area contributed by atoms with E-state index in [1.54, 1.807) is 38.4 Å².